The predicted octanol–water partition coefficient (Wildman–Crippen LogP) is 5.18. The van der Waals surface area contributed by atoms with Crippen LogP contribution in [0.5, 0.6) is 17.2 Å². The molecule has 0 radical (unpaired) electrons. The van der Waals surface area contributed by atoms with Gasteiger partial charge in [-0.1, -0.05) is 6.07 Å². The fourth-order valence-corrected chi connectivity index (χ4v) is 2.50. The van der Waals surface area contributed by atoms with Crippen LogP contribution in [0, 0.1) is 5.82 Å². The zero-order chi connectivity index (χ0) is 18.9. The van der Waals surface area contributed by atoms with Gasteiger partial charge < -0.3 is 14.2 Å². The molecule has 138 valence electrons. The second-order valence-electron chi connectivity index (χ2n) is 5.73. The van der Waals surface area contributed by atoms with E-state index in [-0.39, 0.29) is 23.0 Å². The first-order valence-electron chi connectivity index (χ1n) is 7.73. The molecule has 0 amide bonds. The van der Waals surface area contributed by atoms with E-state index in [9.17, 15) is 22.4 Å². The van der Waals surface area contributed by atoms with Gasteiger partial charge in [0.05, 0.1) is 7.11 Å². The molecule has 0 aliphatic heterocycles. The summed E-state index contributed by atoms with van der Waals surface area (Å²) in [7, 11) is 1.12. The van der Waals surface area contributed by atoms with Crippen molar-refractivity contribution in [1.82, 2.24) is 0 Å². The van der Waals surface area contributed by atoms with Gasteiger partial charge in [0.25, 0.3) is 0 Å². The van der Waals surface area contributed by atoms with Crippen LogP contribution in [0.4, 0.5) is 17.6 Å². The van der Waals surface area contributed by atoms with Crippen LogP contribution in [0.2, 0.25) is 0 Å². The Hall–Kier alpha value is -2.77. The number of esters is 1. The molecule has 0 unspecified atom stereocenters. The van der Waals surface area contributed by atoms with E-state index in [0.717, 1.165) is 32.1 Å². The fraction of sp³-hybridized carbons (Fsp3) is 0.278. The summed E-state index contributed by atoms with van der Waals surface area (Å²) in [5.41, 5.74) is 0.0826. The first-order chi connectivity index (χ1) is 12.3. The maximum absolute atomic E-state index is 14.7. The van der Waals surface area contributed by atoms with Crippen LogP contribution >= 0.6 is 0 Å². The molecule has 1 aliphatic rings. The van der Waals surface area contributed by atoms with Gasteiger partial charge in [0.1, 0.15) is 28.6 Å². The maximum atomic E-state index is 14.7. The highest BCUT2D eigenvalue weighted by atomic mass is 19.4. The summed E-state index contributed by atoms with van der Waals surface area (Å²) in [4.78, 5) is 12.0. The first kappa shape index (κ1) is 18.0. The van der Waals surface area contributed by atoms with Gasteiger partial charge >= 0.3 is 12.3 Å². The molecule has 3 rings (SSSR count). The Morgan fingerprint density at radius 3 is 2.19 bits per heavy atom. The number of carbonyl (C=O) groups is 1. The Labute approximate surface area is 146 Å². The molecule has 2 aromatic carbocycles. The summed E-state index contributed by atoms with van der Waals surface area (Å²) in [6, 6.07) is 7.52. The van der Waals surface area contributed by atoms with Gasteiger partial charge in [0.2, 0.25) is 0 Å². The van der Waals surface area contributed by atoms with Crippen molar-refractivity contribution in [2.45, 2.75) is 25.1 Å². The number of carbonyl (C=O) groups excluding carboxylic acids is 1. The topological polar surface area (TPSA) is 44.8 Å². The van der Waals surface area contributed by atoms with Gasteiger partial charge in [-0.15, -0.1) is 13.2 Å². The van der Waals surface area contributed by atoms with Crippen LogP contribution in [-0.4, -0.2) is 19.4 Å². The SMILES string of the molecule is COC(=O)c1c(Oc2ccc(OC(F)(F)F)cc2)ccc(C2CC2)c1F. The second kappa shape index (κ2) is 6.86. The monoisotopic (exact) mass is 370 g/mol. The molecule has 1 fully saturated rings. The zero-order valence-corrected chi connectivity index (χ0v) is 13.6. The molecule has 0 saturated heterocycles. The predicted molar refractivity (Wildman–Crippen MR) is 82.9 cm³/mol. The summed E-state index contributed by atoms with van der Waals surface area (Å²) >= 11 is 0. The third-order valence-corrected chi connectivity index (χ3v) is 3.83. The van der Waals surface area contributed by atoms with Gasteiger partial charge in [-0.05, 0) is 54.7 Å². The first-order valence-corrected chi connectivity index (χ1v) is 7.73. The number of rotatable bonds is 5. The van der Waals surface area contributed by atoms with Crippen molar-refractivity contribution >= 4 is 5.97 Å². The number of halogens is 4. The number of methoxy groups -OCH3 is 1. The molecule has 0 heterocycles. The second-order valence-corrected chi connectivity index (χ2v) is 5.73. The molecular weight excluding hydrogens is 356 g/mol. The van der Waals surface area contributed by atoms with Crippen LogP contribution in [0.15, 0.2) is 36.4 Å². The number of hydrogen-bond donors (Lipinski definition) is 0. The maximum Gasteiger partial charge on any atom is 0.573 e. The molecule has 1 saturated carbocycles. The molecule has 26 heavy (non-hydrogen) atoms. The number of ether oxygens (including phenoxy) is 3. The van der Waals surface area contributed by atoms with E-state index in [0.29, 0.717) is 5.56 Å². The van der Waals surface area contributed by atoms with Crippen molar-refractivity contribution in [3.05, 3.63) is 53.3 Å². The highest BCUT2D eigenvalue weighted by Crippen LogP contribution is 2.43. The van der Waals surface area contributed by atoms with Crippen LogP contribution in [0.3, 0.4) is 0 Å². The fourth-order valence-electron chi connectivity index (χ4n) is 2.50. The Morgan fingerprint density at radius 1 is 1.04 bits per heavy atom. The van der Waals surface area contributed by atoms with Gasteiger partial charge in [-0.25, -0.2) is 9.18 Å². The normalized spacial score (nSPS) is 14.0. The molecule has 0 N–H and O–H groups in total. The zero-order valence-electron chi connectivity index (χ0n) is 13.6. The van der Waals surface area contributed by atoms with Crippen molar-refractivity contribution in [2.24, 2.45) is 0 Å². The largest absolute Gasteiger partial charge is 0.573 e. The highest BCUT2D eigenvalue weighted by Gasteiger charge is 2.32. The van der Waals surface area contributed by atoms with Crippen molar-refractivity contribution in [2.75, 3.05) is 7.11 Å². The lowest BCUT2D eigenvalue weighted by Gasteiger charge is -2.14. The lowest BCUT2D eigenvalue weighted by Crippen LogP contribution is -2.16. The Kier molecular flexibility index (Phi) is 4.76. The van der Waals surface area contributed by atoms with Gasteiger partial charge in [-0.3, -0.25) is 0 Å². The number of benzene rings is 2. The standard InChI is InChI=1S/C18H14F4O4/c1-24-17(23)15-14(9-8-13(16(15)19)10-2-3-10)25-11-4-6-12(7-5-11)26-18(20,21)22/h4-10H,2-3H2,1H3. The summed E-state index contributed by atoms with van der Waals surface area (Å²) in [6.45, 7) is 0. The lowest BCUT2D eigenvalue weighted by molar-refractivity contribution is -0.274. The minimum atomic E-state index is -4.80. The third-order valence-electron chi connectivity index (χ3n) is 3.83. The smallest absolute Gasteiger partial charge is 0.465 e. The average molecular weight is 370 g/mol. The minimum Gasteiger partial charge on any atom is -0.465 e. The molecule has 8 heteroatoms. The van der Waals surface area contributed by atoms with E-state index in [1.807, 2.05) is 0 Å². The summed E-state index contributed by atoms with van der Waals surface area (Å²) in [5, 5.41) is 0. The third kappa shape index (κ3) is 4.07. The Balaban J connectivity index is 1.87. The van der Waals surface area contributed by atoms with Crippen molar-refractivity contribution in [1.29, 1.82) is 0 Å². The van der Waals surface area contributed by atoms with Crippen molar-refractivity contribution in [3.63, 3.8) is 0 Å². The molecular formula is C18H14F4O4. The quantitative estimate of drug-likeness (QED) is 0.537. The molecule has 0 bridgehead atoms. The minimum absolute atomic E-state index is 0.0752. The van der Waals surface area contributed by atoms with Crippen LogP contribution < -0.4 is 9.47 Å². The van der Waals surface area contributed by atoms with Crippen LogP contribution in [0.25, 0.3) is 0 Å². The summed E-state index contributed by atoms with van der Waals surface area (Å²) < 4.78 is 65.1. The van der Waals surface area contributed by atoms with Gasteiger partial charge in [-0.2, -0.15) is 0 Å². The molecule has 2 aromatic rings. The van der Waals surface area contributed by atoms with E-state index in [1.165, 1.54) is 24.3 Å². The summed E-state index contributed by atoms with van der Waals surface area (Å²) in [6.07, 6.45) is -3.11. The number of alkyl halides is 3. The number of hydrogen-bond acceptors (Lipinski definition) is 4. The molecule has 0 spiro atoms. The molecule has 1 aliphatic carbocycles. The molecule has 4 nitrogen and oxygen atoms in total. The van der Waals surface area contributed by atoms with E-state index in [4.69, 9.17) is 4.74 Å². The van der Waals surface area contributed by atoms with E-state index in [1.54, 1.807) is 0 Å². The van der Waals surface area contributed by atoms with E-state index in [2.05, 4.69) is 9.47 Å². The Bertz CT molecular complexity index is 811. The van der Waals surface area contributed by atoms with Crippen LogP contribution in [-0.2, 0) is 4.74 Å². The van der Waals surface area contributed by atoms with Gasteiger partial charge in [0, 0.05) is 0 Å². The Morgan fingerprint density at radius 2 is 1.65 bits per heavy atom. The molecule has 0 atom stereocenters. The highest BCUT2D eigenvalue weighted by molar-refractivity contribution is 5.93. The summed E-state index contributed by atoms with van der Waals surface area (Å²) in [5.74, 6) is -1.91. The van der Waals surface area contributed by atoms with Crippen molar-refractivity contribution in [3.8, 4) is 17.2 Å². The lowest BCUT2D eigenvalue weighted by atomic mass is 10.0. The molecule has 0 aromatic heterocycles. The van der Waals surface area contributed by atoms with Gasteiger partial charge in [0.15, 0.2) is 0 Å². The van der Waals surface area contributed by atoms with Crippen molar-refractivity contribution < 1.29 is 36.6 Å². The average Bonchev–Trinajstić information content (AvgIpc) is 3.40. The van der Waals surface area contributed by atoms with E-state index < -0.39 is 23.9 Å². The van der Waals surface area contributed by atoms with E-state index >= 15 is 0 Å². The van der Waals surface area contributed by atoms with Crippen LogP contribution in [0.1, 0.15) is 34.7 Å².